The van der Waals surface area contributed by atoms with Crippen LogP contribution in [-0.4, -0.2) is 40.5 Å². The van der Waals surface area contributed by atoms with Gasteiger partial charge in [-0.3, -0.25) is 14.6 Å². The Morgan fingerprint density at radius 1 is 1.38 bits per heavy atom. The zero-order valence-electron chi connectivity index (χ0n) is 12.8. The molecular weight excluding hydrogens is 316 g/mol. The Labute approximate surface area is 136 Å². The van der Waals surface area contributed by atoms with Gasteiger partial charge in [0.25, 0.3) is 11.5 Å². The SMILES string of the molecule is CCOc1ccccc1C=NNC(=O)CNc1n[nH]c(=O)[nH]c1=O. The number of hydrazone groups is 1. The molecule has 0 aliphatic carbocycles. The summed E-state index contributed by atoms with van der Waals surface area (Å²) in [5.41, 5.74) is 1.57. The summed E-state index contributed by atoms with van der Waals surface area (Å²) in [5.74, 6) is -0.0111. The summed E-state index contributed by atoms with van der Waals surface area (Å²) in [6, 6.07) is 7.24. The molecule has 0 atom stereocenters. The number of aromatic amines is 2. The number of para-hydroxylation sites is 1. The molecule has 0 unspecified atom stereocenters. The Bertz CT molecular complexity index is 841. The Morgan fingerprint density at radius 3 is 2.92 bits per heavy atom. The van der Waals surface area contributed by atoms with Crippen LogP contribution < -0.4 is 26.7 Å². The molecule has 0 bridgehead atoms. The standard InChI is InChI=1S/C14H16N6O4/c1-2-24-10-6-4-3-5-9(10)7-16-18-11(21)8-15-12-13(22)17-14(23)20-19-12/h3-7H,2,8H2,1H3,(H,15,19)(H,18,21)(H2,17,20,22,23). The lowest BCUT2D eigenvalue weighted by atomic mass is 10.2. The van der Waals surface area contributed by atoms with Crippen LogP contribution in [0.1, 0.15) is 12.5 Å². The molecule has 0 saturated carbocycles. The van der Waals surface area contributed by atoms with E-state index in [9.17, 15) is 14.4 Å². The van der Waals surface area contributed by atoms with Crippen LogP contribution >= 0.6 is 0 Å². The summed E-state index contributed by atoms with van der Waals surface area (Å²) in [6.07, 6.45) is 1.45. The van der Waals surface area contributed by atoms with Gasteiger partial charge in [-0.1, -0.05) is 12.1 Å². The summed E-state index contributed by atoms with van der Waals surface area (Å²) in [7, 11) is 0. The second-order valence-corrected chi connectivity index (χ2v) is 4.47. The number of hydrogen-bond acceptors (Lipinski definition) is 7. The van der Waals surface area contributed by atoms with Crippen molar-refractivity contribution in [3.05, 3.63) is 50.7 Å². The molecule has 0 fully saturated rings. The van der Waals surface area contributed by atoms with Crippen LogP contribution in [0.25, 0.3) is 0 Å². The third-order valence-electron chi connectivity index (χ3n) is 2.74. The van der Waals surface area contributed by atoms with Crippen molar-refractivity contribution >= 4 is 17.9 Å². The highest BCUT2D eigenvalue weighted by molar-refractivity contribution is 5.86. The van der Waals surface area contributed by atoms with Gasteiger partial charge in [0, 0.05) is 5.56 Å². The molecule has 10 heteroatoms. The number of hydrogen-bond donors (Lipinski definition) is 4. The fraction of sp³-hybridized carbons (Fsp3) is 0.214. The smallest absolute Gasteiger partial charge is 0.342 e. The molecular formula is C14H16N6O4. The molecule has 1 aromatic heterocycles. The minimum atomic E-state index is -0.729. The van der Waals surface area contributed by atoms with E-state index in [0.717, 1.165) is 0 Å². The average molecular weight is 332 g/mol. The van der Waals surface area contributed by atoms with E-state index in [1.165, 1.54) is 6.21 Å². The van der Waals surface area contributed by atoms with Gasteiger partial charge in [0.15, 0.2) is 0 Å². The van der Waals surface area contributed by atoms with Crippen molar-refractivity contribution in [2.45, 2.75) is 6.92 Å². The number of H-pyrrole nitrogens is 2. The summed E-state index contributed by atoms with van der Waals surface area (Å²) in [4.78, 5) is 35.8. The van der Waals surface area contributed by atoms with E-state index in [0.29, 0.717) is 17.9 Å². The van der Waals surface area contributed by atoms with Gasteiger partial charge in [0.05, 0.1) is 19.4 Å². The van der Waals surface area contributed by atoms with E-state index in [4.69, 9.17) is 4.74 Å². The highest BCUT2D eigenvalue weighted by Gasteiger charge is 2.05. The van der Waals surface area contributed by atoms with Crippen LogP contribution in [0.2, 0.25) is 0 Å². The number of aromatic nitrogens is 3. The van der Waals surface area contributed by atoms with Crippen molar-refractivity contribution in [3.8, 4) is 5.75 Å². The average Bonchev–Trinajstić information content (AvgIpc) is 2.56. The minimum Gasteiger partial charge on any atom is -0.493 e. The van der Waals surface area contributed by atoms with Crippen molar-refractivity contribution in [3.63, 3.8) is 0 Å². The minimum absolute atomic E-state index is 0.171. The first kappa shape index (κ1) is 16.9. The summed E-state index contributed by atoms with van der Waals surface area (Å²) >= 11 is 0. The maximum atomic E-state index is 11.7. The number of ether oxygens (including phenoxy) is 1. The normalized spacial score (nSPS) is 10.5. The quantitative estimate of drug-likeness (QED) is 0.395. The molecule has 0 aliphatic heterocycles. The monoisotopic (exact) mass is 332 g/mol. The largest absolute Gasteiger partial charge is 0.493 e. The first-order valence-electron chi connectivity index (χ1n) is 7.06. The number of carbonyl (C=O) groups excluding carboxylic acids is 1. The zero-order chi connectivity index (χ0) is 17.4. The van der Waals surface area contributed by atoms with Crippen LogP contribution in [0.3, 0.4) is 0 Å². The molecule has 0 aliphatic rings. The lowest BCUT2D eigenvalue weighted by Gasteiger charge is -2.06. The molecule has 0 spiro atoms. The van der Waals surface area contributed by atoms with Crippen LogP contribution in [0.15, 0.2) is 39.0 Å². The molecule has 0 radical (unpaired) electrons. The molecule has 4 N–H and O–H groups in total. The molecule has 10 nitrogen and oxygen atoms in total. The first-order valence-corrected chi connectivity index (χ1v) is 7.06. The highest BCUT2D eigenvalue weighted by Crippen LogP contribution is 2.15. The third kappa shape index (κ3) is 4.80. The fourth-order valence-corrected chi connectivity index (χ4v) is 1.72. The predicted molar refractivity (Wildman–Crippen MR) is 87.3 cm³/mol. The van der Waals surface area contributed by atoms with Crippen molar-refractivity contribution in [2.24, 2.45) is 5.10 Å². The maximum absolute atomic E-state index is 11.7. The Morgan fingerprint density at radius 2 is 2.17 bits per heavy atom. The molecule has 1 aromatic carbocycles. The van der Waals surface area contributed by atoms with Gasteiger partial charge >= 0.3 is 5.69 Å². The second-order valence-electron chi connectivity index (χ2n) is 4.47. The van der Waals surface area contributed by atoms with Gasteiger partial charge in [-0.05, 0) is 19.1 Å². The molecule has 24 heavy (non-hydrogen) atoms. The number of anilines is 1. The number of benzene rings is 1. The highest BCUT2D eigenvalue weighted by atomic mass is 16.5. The number of nitrogens with one attached hydrogen (secondary N) is 4. The van der Waals surface area contributed by atoms with E-state index in [2.05, 4.69) is 20.9 Å². The van der Waals surface area contributed by atoms with Crippen molar-refractivity contribution < 1.29 is 9.53 Å². The number of amides is 1. The van der Waals surface area contributed by atoms with E-state index in [1.807, 2.05) is 29.1 Å². The number of nitrogens with zero attached hydrogens (tertiary/aromatic N) is 2. The summed E-state index contributed by atoms with van der Waals surface area (Å²) in [6.45, 7) is 2.14. The van der Waals surface area contributed by atoms with Gasteiger partial charge in [-0.2, -0.15) is 5.10 Å². The van der Waals surface area contributed by atoms with E-state index < -0.39 is 17.2 Å². The fourth-order valence-electron chi connectivity index (χ4n) is 1.72. The molecule has 1 amide bonds. The Balaban J connectivity index is 1.89. The first-order chi connectivity index (χ1) is 11.6. The molecule has 2 rings (SSSR count). The molecule has 1 heterocycles. The number of carbonyl (C=O) groups is 1. The predicted octanol–water partition coefficient (Wildman–Crippen LogP) is -0.581. The number of rotatable bonds is 7. The topological polar surface area (TPSA) is 141 Å². The third-order valence-corrected chi connectivity index (χ3v) is 2.74. The van der Waals surface area contributed by atoms with E-state index in [-0.39, 0.29) is 12.4 Å². The van der Waals surface area contributed by atoms with Crippen molar-refractivity contribution in [1.29, 1.82) is 0 Å². The van der Waals surface area contributed by atoms with Gasteiger partial charge in [0.2, 0.25) is 5.82 Å². The van der Waals surface area contributed by atoms with Gasteiger partial charge in [-0.25, -0.2) is 15.3 Å². The van der Waals surface area contributed by atoms with Crippen LogP contribution in [-0.2, 0) is 4.79 Å². The van der Waals surface area contributed by atoms with Gasteiger partial charge < -0.3 is 10.1 Å². The van der Waals surface area contributed by atoms with Crippen LogP contribution in [0, 0.1) is 0 Å². The van der Waals surface area contributed by atoms with Crippen molar-refractivity contribution in [2.75, 3.05) is 18.5 Å². The van der Waals surface area contributed by atoms with Gasteiger partial charge in [-0.15, -0.1) is 5.10 Å². The van der Waals surface area contributed by atoms with Crippen LogP contribution in [0.5, 0.6) is 5.75 Å². The lowest BCUT2D eigenvalue weighted by molar-refractivity contribution is -0.119. The van der Waals surface area contributed by atoms with Crippen molar-refractivity contribution in [1.82, 2.24) is 20.6 Å². The molecule has 2 aromatic rings. The van der Waals surface area contributed by atoms with Gasteiger partial charge in [0.1, 0.15) is 5.75 Å². The molecule has 126 valence electrons. The summed E-state index contributed by atoms with van der Waals surface area (Å²) in [5, 5.41) is 11.8. The Hall–Kier alpha value is -3.43. The van der Waals surface area contributed by atoms with E-state index in [1.54, 1.807) is 12.1 Å². The van der Waals surface area contributed by atoms with E-state index >= 15 is 0 Å². The Kier molecular flexibility index (Phi) is 5.83. The summed E-state index contributed by atoms with van der Waals surface area (Å²) < 4.78 is 5.43. The lowest BCUT2D eigenvalue weighted by Crippen LogP contribution is -2.31. The zero-order valence-corrected chi connectivity index (χ0v) is 12.8. The maximum Gasteiger partial charge on any atom is 0.342 e. The molecule has 0 saturated heterocycles. The van der Waals surface area contributed by atoms with Crippen LogP contribution in [0.4, 0.5) is 5.82 Å². The second kappa shape index (κ2) is 8.27.